The Kier molecular flexibility index (Phi) is 6.08. The predicted molar refractivity (Wildman–Crippen MR) is 218 cm³/mol. The van der Waals surface area contributed by atoms with Crippen LogP contribution in [0.3, 0.4) is 0 Å². The summed E-state index contributed by atoms with van der Waals surface area (Å²) in [5, 5.41) is 0. The minimum atomic E-state index is -0.0673. The molecule has 0 N–H and O–H groups in total. The fourth-order valence-corrected chi connectivity index (χ4v) is 9.34. The van der Waals surface area contributed by atoms with Gasteiger partial charge in [0.15, 0.2) is 0 Å². The highest BCUT2D eigenvalue weighted by atomic mass is 15.1. The van der Waals surface area contributed by atoms with Crippen molar-refractivity contribution in [1.29, 1.82) is 0 Å². The van der Waals surface area contributed by atoms with Crippen LogP contribution >= 0.6 is 0 Å². The maximum atomic E-state index is 2.43. The molecule has 8 aromatic carbocycles. The third-order valence-electron chi connectivity index (χ3n) is 11.8. The number of rotatable bonds is 4. The van der Waals surface area contributed by atoms with E-state index in [-0.39, 0.29) is 5.41 Å². The number of hydrogen-bond acceptors (Lipinski definition) is 1. The minimum absolute atomic E-state index is 0.0673. The van der Waals surface area contributed by atoms with Gasteiger partial charge >= 0.3 is 0 Å². The normalized spacial score (nSPS) is 13.3. The highest BCUT2D eigenvalue weighted by Gasteiger charge is 2.36. The molecule has 0 heterocycles. The fourth-order valence-electron chi connectivity index (χ4n) is 9.34. The van der Waals surface area contributed by atoms with Gasteiger partial charge in [-0.25, -0.2) is 0 Å². The van der Waals surface area contributed by atoms with Gasteiger partial charge in [-0.3, -0.25) is 0 Å². The Balaban J connectivity index is 1.03. The van der Waals surface area contributed by atoms with Gasteiger partial charge in [-0.15, -0.1) is 0 Å². The van der Waals surface area contributed by atoms with E-state index in [1.54, 1.807) is 0 Å². The van der Waals surface area contributed by atoms with Crippen LogP contribution in [0.5, 0.6) is 0 Å². The quantitative estimate of drug-likeness (QED) is 0.181. The lowest BCUT2D eigenvalue weighted by Gasteiger charge is -2.28. The van der Waals surface area contributed by atoms with Crippen LogP contribution in [0.1, 0.15) is 25.0 Å². The van der Waals surface area contributed by atoms with E-state index in [1.165, 1.54) is 94.7 Å². The van der Waals surface area contributed by atoms with Crippen molar-refractivity contribution in [3.63, 3.8) is 0 Å². The Morgan fingerprint density at radius 1 is 0.308 bits per heavy atom. The van der Waals surface area contributed by atoms with Crippen LogP contribution in [0.2, 0.25) is 0 Å². The first-order valence-corrected chi connectivity index (χ1v) is 18.3. The molecule has 0 saturated carbocycles. The molecule has 244 valence electrons. The number of anilines is 3. The summed E-state index contributed by atoms with van der Waals surface area (Å²) in [5.74, 6) is 0. The Bertz CT molecular complexity index is 2730. The van der Waals surface area contributed by atoms with Crippen LogP contribution in [0.25, 0.3) is 77.9 Å². The number of para-hydroxylation sites is 1. The van der Waals surface area contributed by atoms with Crippen molar-refractivity contribution in [2.45, 2.75) is 19.3 Å². The first kappa shape index (κ1) is 29.3. The van der Waals surface area contributed by atoms with Gasteiger partial charge in [0.1, 0.15) is 0 Å². The molecular weight excluding hydrogens is 627 g/mol. The van der Waals surface area contributed by atoms with E-state index in [2.05, 4.69) is 195 Å². The van der Waals surface area contributed by atoms with Gasteiger partial charge in [-0.2, -0.15) is 0 Å². The zero-order chi connectivity index (χ0) is 34.6. The van der Waals surface area contributed by atoms with E-state index in [9.17, 15) is 0 Å². The van der Waals surface area contributed by atoms with Gasteiger partial charge in [0.2, 0.25) is 0 Å². The lowest BCUT2D eigenvalue weighted by Crippen LogP contribution is -2.16. The lowest BCUT2D eigenvalue weighted by molar-refractivity contribution is 0.660. The molecule has 0 unspecified atom stereocenters. The van der Waals surface area contributed by atoms with E-state index >= 15 is 0 Å². The first-order valence-electron chi connectivity index (χ1n) is 18.3. The smallest absolute Gasteiger partial charge is 0.0465 e. The summed E-state index contributed by atoms with van der Waals surface area (Å²) in [5.41, 5.74) is 24.4. The molecule has 0 saturated heterocycles. The van der Waals surface area contributed by atoms with E-state index in [0.717, 1.165) is 11.4 Å². The molecule has 3 aliphatic rings. The van der Waals surface area contributed by atoms with Crippen LogP contribution in [0, 0.1) is 0 Å². The van der Waals surface area contributed by atoms with Gasteiger partial charge in [-0.05, 0) is 131 Å². The van der Waals surface area contributed by atoms with Crippen molar-refractivity contribution in [2.24, 2.45) is 0 Å². The molecule has 1 nitrogen and oxygen atoms in total. The average molecular weight is 662 g/mol. The summed E-state index contributed by atoms with van der Waals surface area (Å²) >= 11 is 0. The molecule has 0 amide bonds. The Labute approximate surface area is 305 Å². The van der Waals surface area contributed by atoms with Crippen molar-refractivity contribution >= 4 is 17.1 Å². The first-order chi connectivity index (χ1) is 25.6. The maximum Gasteiger partial charge on any atom is 0.0465 e. The van der Waals surface area contributed by atoms with Crippen molar-refractivity contribution in [1.82, 2.24) is 0 Å². The summed E-state index contributed by atoms with van der Waals surface area (Å²) < 4.78 is 0. The van der Waals surface area contributed by atoms with E-state index < -0.39 is 0 Å². The van der Waals surface area contributed by atoms with Gasteiger partial charge in [0.05, 0.1) is 0 Å². The SMILES string of the molecule is CC1(C)c2ccccc2-c2ccc(N(c3ccccc3)c3ccc(-c4ccc5c(c4)-c4c6cccc4-c4cccc-5c4-c4ccccc4-6)cc3)cc21. The van der Waals surface area contributed by atoms with E-state index in [0.29, 0.717) is 0 Å². The summed E-state index contributed by atoms with van der Waals surface area (Å²) in [6.07, 6.45) is 0. The van der Waals surface area contributed by atoms with E-state index in [4.69, 9.17) is 0 Å². The summed E-state index contributed by atoms with van der Waals surface area (Å²) in [6.45, 7) is 4.70. The summed E-state index contributed by atoms with van der Waals surface area (Å²) in [4.78, 5) is 2.39. The summed E-state index contributed by atoms with van der Waals surface area (Å²) in [7, 11) is 0. The zero-order valence-electron chi connectivity index (χ0n) is 29.2. The summed E-state index contributed by atoms with van der Waals surface area (Å²) in [6, 6.07) is 65.4. The highest BCUT2D eigenvalue weighted by molar-refractivity contribution is 6.15. The van der Waals surface area contributed by atoms with Crippen LogP contribution in [0.15, 0.2) is 176 Å². The lowest BCUT2D eigenvalue weighted by atomic mass is 9.82. The van der Waals surface area contributed by atoms with E-state index in [1.807, 2.05) is 0 Å². The molecule has 52 heavy (non-hydrogen) atoms. The predicted octanol–water partition coefficient (Wildman–Crippen LogP) is 14.1. The zero-order valence-corrected chi connectivity index (χ0v) is 29.2. The van der Waals surface area contributed by atoms with Gasteiger partial charge in [0, 0.05) is 22.5 Å². The minimum Gasteiger partial charge on any atom is -0.310 e. The Morgan fingerprint density at radius 3 is 1.52 bits per heavy atom. The van der Waals surface area contributed by atoms with Crippen LogP contribution in [0.4, 0.5) is 17.1 Å². The van der Waals surface area contributed by atoms with Crippen molar-refractivity contribution in [3.8, 4) is 77.9 Å². The van der Waals surface area contributed by atoms with Crippen molar-refractivity contribution in [2.75, 3.05) is 4.90 Å². The third-order valence-corrected chi connectivity index (χ3v) is 11.8. The van der Waals surface area contributed by atoms with Gasteiger partial charge in [-0.1, -0.05) is 147 Å². The second-order valence-electron chi connectivity index (χ2n) is 14.9. The van der Waals surface area contributed by atoms with Crippen molar-refractivity contribution < 1.29 is 0 Å². The molecule has 0 fully saturated rings. The second kappa shape index (κ2) is 10.8. The van der Waals surface area contributed by atoms with Crippen LogP contribution in [-0.4, -0.2) is 0 Å². The molecule has 0 atom stereocenters. The molecule has 0 spiro atoms. The Morgan fingerprint density at radius 2 is 0.788 bits per heavy atom. The molecule has 0 radical (unpaired) electrons. The maximum absolute atomic E-state index is 2.43. The highest BCUT2D eigenvalue weighted by Crippen LogP contribution is 2.57. The largest absolute Gasteiger partial charge is 0.310 e. The van der Waals surface area contributed by atoms with Crippen LogP contribution < -0.4 is 4.90 Å². The molecule has 8 aromatic rings. The number of benzene rings is 8. The second-order valence-corrected chi connectivity index (χ2v) is 14.9. The fraction of sp³-hybridized carbons (Fsp3) is 0.0588. The number of fused-ring (bicyclic) bond motifs is 7. The standard InChI is InChI=1S/C51H35N/c1-51(2)47-21-9-8-15-39(47)40-29-27-36(31-48(40)51)52(34-12-4-3-5-13-34)35-25-22-32(23-26-35)33-24-28-38-43-18-11-19-44-45-20-10-17-42(50(45)46(38)30-33)37-14-6-7-16-41(37)49(43)44/h3-31H,1-2H3. The average Bonchev–Trinajstić information content (AvgIpc) is 3.35. The topological polar surface area (TPSA) is 3.24 Å². The molecule has 0 aliphatic heterocycles. The number of nitrogens with zero attached hydrogens (tertiary/aromatic N) is 1. The van der Waals surface area contributed by atoms with Crippen LogP contribution in [-0.2, 0) is 5.41 Å². The molecule has 0 aromatic heterocycles. The van der Waals surface area contributed by atoms with Gasteiger partial charge in [0.25, 0.3) is 0 Å². The molecular formula is C51H35N. The molecule has 3 aliphatic carbocycles. The Hall–Kier alpha value is -6.44. The molecule has 11 rings (SSSR count). The monoisotopic (exact) mass is 661 g/mol. The van der Waals surface area contributed by atoms with Crippen molar-refractivity contribution in [3.05, 3.63) is 187 Å². The van der Waals surface area contributed by atoms with Gasteiger partial charge < -0.3 is 4.90 Å². The third kappa shape index (κ3) is 4.05. The molecule has 1 heteroatoms. The molecule has 6 bridgehead atoms. The number of hydrogen-bond donors (Lipinski definition) is 0.